The lowest BCUT2D eigenvalue weighted by Gasteiger charge is -2.23. The number of rotatable bonds is 5. The number of carbonyl (C=O) groups is 3. The second kappa shape index (κ2) is 8.67. The highest BCUT2D eigenvalue weighted by Crippen LogP contribution is 2.22. The normalized spacial score (nSPS) is 13.7. The first-order chi connectivity index (χ1) is 13.5. The third-order valence-electron chi connectivity index (χ3n) is 4.02. The van der Waals surface area contributed by atoms with Crippen molar-refractivity contribution in [1.29, 1.82) is 0 Å². The minimum absolute atomic E-state index is 0.177. The molecule has 28 heavy (non-hydrogen) atoms. The number of esters is 1. The van der Waals surface area contributed by atoms with Crippen molar-refractivity contribution in [2.75, 3.05) is 16.9 Å². The van der Waals surface area contributed by atoms with Gasteiger partial charge in [0.15, 0.2) is 0 Å². The van der Waals surface area contributed by atoms with Crippen LogP contribution in [0, 0.1) is 0 Å². The maximum Gasteiger partial charge on any atom is 0.338 e. The maximum absolute atomic E-state index is 12.5. The zero-order valence-corrected chi connectivity index (χ0v) is 15.9. The van der Waals surface area contributed by atoms with Crippen LogP contribution in [0.1, 0.15) is 30.1 Å². The minimum atomic E-state index is -0.422. The maximum atomic E-state index is 12.5. The van der Waals surface area contributed by atoms with Gasteiger partial charge in [0.05, 0.1) is 17.9 Å². The van der Waals surface area contributed by atoms with E-state index in [4.69, 9.17) is 16.3 Å². The van der Waals surface area contributed by atoms with Gasteiger partial charge in [0.2, 0.25) is 5.91 Å². The lowest BCUT2D eigenvalue weighted by molar-refractivity contribution is -0.118. The fraction of sp³-hybridized carbons (Fsp3) is 0.200. The van der Waals surface area contributed by atoms with Gasteiger partial charge in [-0.05, 0) is 55.5 Å². The summed E-state index contributed by atoms with van der Waals surface area (Å²) in [5.74, 6) is -1.03. The van der Waals surface area contributed by atoms with E-state index in [9.17, 15) is 14.4 Å². The van der Waals surface area contributed by atoms with Crippen LogP contribution in [0.15, 0.2) is 53.6 Å². The van der Waals surface area contributed by atoms with Gasteiger partial charge in [-0.1, -0.05) is 11.6 Å². The monoisotopic (exact) mass is 399 g/mol. The number of nitrogens with zero attached hydrogens (tertiary/aromatic N) is 2. The van der Waals surface area contributed by atoms with Crippen LogP contribution in [0.25, 0.3) is 0 Å². The Morgan fingerprint density at radius 2 is 1.79 bits per heavy atom. The van der Waals surface area contributed by atoms with E-state index in [0.717, 1.165) is 0 Å². The van der Waals surface area contributed by atoms with Gasteiger partial charge in [0.1, 0.15) is 5.71 Å². The number of hydrazone groups is 1. The molecule has 0 atom stereocenters. The van der Waals surface area contributed by atoms with Gasteiger partial charge in [-0.3, -0.25) is 9.59 Å². The second-order valence-corrected chi connectivity index (χ2v) is 6.42. The van der Waals surface area contributed by atoms with Crippen LogP contribution in [-0.2, 0) is 14.3 Å². The molecule has 1 aliphatic rings. The third-order valence-corrected chi connectivity index (χ3v) is 4.27. The zero-order valence-electron chi connectivity index (χ0n) is 15.1. The van der Waals surface area contributed by atoms with E-state index >= 15 is 0 Å². The molecule has 144 valence electrons. The minimum Gasteiger partial charge on any atom is -0.462 e. The molecule has 2 amide bonds. The smallest absolute Gasteiger partial charge is 0.338 e. The summed E-state index contributed by atoms with van der Waals surface area (Å²) in [6.45, 7) is 2.02. The SMILES string of the molecule is CCOC(=O)c1ccc(NC(=O)C2=NN(c3ccc(Cl)cc3)C(=O)CC2)cc1. The number of halogens is 1. The first-order valence-corrected chi connectivity index (χ1v) is 9.10. The predicted octanol–water partition coefficient (Wildman–Crippen LogP) is 3.64. The van der Waals surface area contributed by atoms with Gasteiger partial charge < -0.3 is 10.1 Å². The Labute approximate surface area is 166 Å². The Morgan fingerprint density at radius 3 is 2.43 bits per heavy atom. The summed E-state index contributed by atoms with van der Waals surface area (Å²) in [4.78, 5) is 36.4. The molecule has 0 aromatic heterocycles. The van der Waals surface area contributed by atoms with Crippen molar-refractivity contribution in [2.24, 2.45) is 5.10 Å². The van der Waals surface area contributed by atoms with Crippen LogP contribution in [0.5, 0.6) is 0 Å². The van der Waals surface area contributed by atoms with Crippen molar-refractivity contribution in [1.82, 2.24) is 0 Å². The first-order valence-electron chi connectivity index (χ1n) is 8.72. The Balaban J connectivity index is 1.72. The summed E-state index contributed by atoms with van der Waals surface area (Å²) in [5.41, 5.74) is 1.69. The summed E-state index contributed by atoms with van der Waals surface area (Å²) < 4.78 is 4.92. The topological polar surface area (TPSA) is 88.1 Å². The Hall–Kier alpha value is -3.19. The molecule has 8 heteroatoms. The van der Waals surface area contributed by atoms with Crippen molar-refractivity contribution >= 4 is 46.5 Å². The van der Waals surface area contributed by atoms with E-state index < -0.39 is 11.9 Å². The first kappa shape index (κ1) is 19.6. The molecule has 0 radical (unpaired) electrons. The highest BCUT2D eigenvalue weighted by atomic mass is 35.5. The number of benzene rings is 2. The molecule has 0 fully saturated rings. The van der Waals surface area contributed by atoms with Gasteiger partial charge in [0, 0.05) is 23.6 Å². The Bertz CT molecular complexity index is 923. The Morgan fingerprint density at radius 1 is 1.11 bits per heavy atom. The lowest BCUT2D eigenvalue weighted by Crippen LogP contribution is -2.36. The summed E-state index contributed by atoms with van der Waals surface area (Å²) in [7, 11) is 0. The molecular formula is C20H18ClN3O4. The number of carbonyl (C=O) groups excluding carboxylic acids is 3. The van der Waals surface area contributed by atoms with Crippen molar-refractivity contribution in [2.45, 2.75) is 19.8 Å². The second-order valence-electron chi connectivity index (χ2n) is 5.98. The molecule has 0 unspecified atom stereocenters. The average Bonchev–Trinajstić information content (AvgIpc) is 2.70. The number of amides is 2. The molecule has 0 bridgehead atoms. The Kier molecular flexibility index (Phi) is 6.06. The molecule has 7 nitrogen and oxygen atoms in total. The summed E-state index contributed by atoms with van der Waals surface area (Å²) in [5, 5.41) is 8.67. The highest BCUT2D eigenvalue weighted by Gasteiger charge is 2.25. The summed E-state index contributed by atoms with van der Waals surface area (Å²) in [6, 6.07) is 13.0. The van der Waals surface area contributed by atoms with Gasteiger partial charge in [-0.2, -0.15) is 5.10 Å². The zero-order chi connectivity index (χ0) is 20.1. The standard InChI is InChI=1S/C20H18ClN3O4/c1-2-28-20(27)13-3-7-15(8-4-13)22-19(26)17-11-12-18(25)24(23-17)16-9-5-14(21)6-10-16/h3-10H,2,11-12H2,1H3,(H,22,26). The molecule has 1 aliphatic heterocycles. The highest BCUT2D eigenvalue weighted by molar-refractivity contribution is 6.44. The molecule has 3 rings (SSSR count). The van der Waals surface area contributed by atoms with Crippen LogP contribution in [0.3, 0.4) is 0 Å². The third kappa shape index (κ3) is 4.55. The van der Waals surface area contributed by atoms with Crippen LogP contribution < -0.4 is 10.3 Å². The predicted molar refractivity (Wildman–Crippen MR) is 107 cm³/mol. The van der Waals surface area contributed by atoms with Crippen molar-refractivity contribution in [3.63, 3.8) is 0 Å². The molecule has 0 saturated carbocycles. The number of hydrogen-bond acceptors (Lipinski definition) is 5. The molecule has 0 aliphatic carbocycles. The molecule has 1 N–H and O–H groups in total. The quantitative estimate of drug-likeness (QED) is 0.777. The van der Waals surface area contributed by atoms with E-state index in [1.807, 2.05) is 0 Å². The van der Waals surface area contributed by atoms with E-state index in [1.54, 1.807) is 55.5 Å². The van der Waals surface area contributed by atoms with Crippen molar-refractivity contribution in [3.8, 4) is 0 Å². The number of nitrogens with one attached hydrogen (secondary N) is 1. The van der Waals surface area contributed by atoms with Gasteiger partial charge >= 0.3 is 5.97 Å². The van der Waals surface area contributed by atoms with Crippen molar-refractivity contribution in [3.05, 3.63) is 59.1 Å². The van der Waals surface area contributed by atoms with E-state index in [-0.39, 0.29) is 24.5 Å². The van der Waals surface area contributed by atoms with Gasteiger partial charge in [-0.25, -0.2) is 9.80 Å². The van der Waals surface area contributed by atoms with Gasteiger partial charge in [0.25, 0.3) is 5.91 Å². The number of hydrogen-bond donors (Lipinski definition) is 1. The molecule has 2 aromatic rings. The summed E-state index contributed by atoms with van der Waals surface area (Å²) >= 11 is 5.87. The number of anilines is 2. The van der Waals surface area contributed by atoms with E-state index in [1.165, 1.54) is 5.01 Å². The summed E-state index contributed by atoms with van der Waals surface area (Å²) in [6.07, 6.45) is 0.423. The van der Waals surface area contributed by atoms with Crippen LogP contribution >= 0.6 is 11.6 Å². The van der Waals surface area contributed by atoms with Crippen LogP contribution in [0.4, 0.5) is 11.4 Å². The fourth-order valence-corrected chi connectivity index (χ4v) is 2.73. The lowest BCUT2D eigenvalue weighted by atomic mass is 10.1. The van der Waals surface area contributed by atoms with Crippen molar-refractivity contribution < 1.29 is 19.1 Å². The molecular weight excluding hydrogens is 382 g/mol. The molecule has 0 spiro atoms. The van der Waals surface area contributed by atoms with Crippen LogP contribution in [0.2, 0.25) is 5.02 Å². The average molecular weight is 400 g/mol. The molecule has 2 aromatic carbocycles. The van der Waals surface area contributed by atoms with E-state index in [0.29, 0.717) is 28.6 Å². The van der Waals surface area contributed by atoms with Crippen LogP contribution in [-0.4, -0.2) is 30.1 Å². The largest absolute Gasteiger partial charge is 0.462 e. The van der Waals surface area contributed by atoms with Gasteiger partial charge in [-0.15, -0.1) is 0 Å². The fourth-order valence-electron chi connectivity index (χ4n) is 2.61. The van der Waals surface area contributed by atoms with E-state index in [2.05, 4.69) is 10.4 Å². The number of ether oxygens (including phenoxy) is 1. The molecule has 1 heterocycles. The molecule has 0 saturated heterocycles.